The minimum atomic E-state index is 0.416. The van der Waals surface area contributed by atoms with Crippen LogP contribution in [0, 0.1) is 18.3 Å². The highest BCUT2D eigenvalue weighted by Crippen LogP contribution is 2.25. The van der Waals surface area contributed by atoms with E-state index in [4.69, 9.17) is 9.68 Å². The molecule has 0 spiro atoms. The number of hydrogen-bond donors (Lipinski definition) is 1. The number of nitrogens with one attached hydrogen (secondary N) is 1. The number of benzene rings is 1. The largest absolute Gasteiger partial charge is 0.437 e. The summed E-state index contributed by atoms with van der Waals surface area (Å²) in [6.45, 7) is 2.41. The van der Waals surface area contributed by atoms with Crippen LogP contribution in [-0.2, 0) is 6.54 Å². The lowest BCUT2D eigenvalue weighted by atomic mass is 9.99. The maximum atomic E-state index is 9.01. The molecule has 3 heterocycles. The summed E-state index contributed by atoms with van der Waals surface area (Å²) in [5.74, 6) is 1.28. The molecule has 0 unspecified atom stereocenters. The van der Waals surface area contributed by atoms with Crippen LogP contribution < -0.4 is 5.32 Å². The molecule has 0 amide bonds. The van der Waals surface area contributed by atoms with Gasteiger partial charge in [0.05, 0.1) is 18.2 Å². The van der Waals surface area contributed by atoms with Crippen molar-refractivity contribution in [2.75, 3.05) is 5.32 Å². The van der Waals surface area contributed by atoms with Crippen molar-refractivity contribution in [2.24, 2.45) is 0 Å². The average Bonchev–Trinajstić information content (AvgIpc) is 3.09. The Kier molecular flexibility index (Phi) is 4.04. The molecule has 4 rings (SSSR count). The van der Waals surface area contributed by atoms with Crippen molar-refractivity contribution in [1.82, 2.24) is 15.0 Å². The zero-order valence-corrected chi connectivity index (χ0v) is 14.1. The maximum Gasteiger partial charge on any atom is 0.216 e. The van der Waals surface area contributed by atoms with Gasteiger partial charge >= 0.3 is 0 Å². The number of aryl methyl sites for hydroxylation is 1. The van der Waals surface area contributed by atoms with Crippen molar-refractivity contribution >= 4 is 17.0 Å². The Morgan fingerprint density at radius 3 is 2.85 bits per heavy atom. The molecular formula is C20H15N5O. The third kappa shape index (κ3) is 3.10. The molecule has 0 fully saturated rings. The summed E-state index contributed by atoms with van der Waals surface area (Å²) >= 11 is 0. The molecule has 26 heavy (non-hydrogen) atoms. The molecule has 126 valence electrons. The number of aromatic nitrogens is 3. The van der Waals surface area contributed by atoms with Crippen LogP contribution in [0.2, 0.25) is 0 Å². The molecule has 0 aliphatic carbocycles. The van der Waals surface area contributed by atoms with E-state index >= 15 is 0 Å². The standard InChI is InChI=1S/C20H15N5O/c1-13-9-14(11-21)4-5-16(13)15-6-8-22-18(10-15)24-12-19-25-20-17(26-19)3-2-7-23-20/h2-10H,12H2,1H3,(H,22,24). The van der Waals surface area contributed by atoms with E-state index in [2.05, 4.69) is 26.3 Å². The Hall–Kier alpha value is -3.72. The number of oxazole rings is 1. The molecule has 0 saturated carbocycles. The van der Waals surface area contributed by atoms with Crippen molar-refractivity contribution in [3.63, 3.8) is 0 Å². The first-order valence-electron chi connectivity index (χ1n) is 8.14. The van der Waals surface area contributed by atoms with Gasteiger partial charge in [0, 0.05) is 12.4 Å². The molecule has 1 aromatic carbocycles. The fourth-order valence-corrected chi connectivity index (χ4v) is 2.81. The smallest absolute Gasteiger partial charge is 0.216 e. The minimum absolute atomic E-state index is 0.416. The van der Waals surface area contributed by atoms with Crippen molar-refractivity contribution in [3.05, 3.63) is 71.9 Å². The van der Waals surface area contributed by atoms with Gasteiger partial charge in [-0.3, -0.25) is 0 Å². The predicted octanol–water partition coefficient (Wildman–Crippen LogP) is 4.08. The highest BCUT2D eigenvalue weighted by atomic mass is 16.3. The van der Waals surface area contributed by atoms with Crippen molar-refractivity contribution in [1.29, 1.82) is 5.26 Å². The van der Waals surface area contributed by atoms with E-state index < -0.39 is 0 Å². The van der Waals surface area contributed by atoms with Crippen LogP contribution in [0.1, 0.15) is 17.0 Å². The summed E-state index contributed by atoms with van der Waals surface area (Å²) < 4.78 is 5.65. The number of nitriles is 1. The molecule has 3 aromatic heterocycles. The van der Waals surface area contributed by atoms with Crippen LogP contribution in [-0.4, -0.2) is 15.0 Å². The van der Waals surface area contributed by atoms with Crippen LogP contribution in [0.5, 0.6) is 0 Å². The van der Waals surface area contributed by atoms with Gasteiger partial charge in [-0.2, -0.15) is 10.2 Å². The maximum absolute atomic E-state index is 9.01. The topological polar surface area (TPSA) is 87.6 Å². The summed E-state index contributed by atoms with van der Waals surface area (Å²) in [6.07, 6.45) is 3.44. The highest BCUT2D eigenvalue weighted by Gasteiger charge is 2.08. The number of pyridine rings is 2. The molecule has 0 bridgehead atoms. The van der Waals surface area contributed by atoms with Crippen molar-refractivity contribution in [3.8, 4) is 17.2 Å². The van der Waals surface area contributed by atoms with Gasteiger partial charge in [-0.15, -0.1) is 0 Å². The van der Waals surface area contributed by atoms with Gasteiger partial charge < -0.3 is 9.73 Å². The molecule has 4 aromatic rings. The third-order valence-corrected chi connectivity index (χ3v) is 4.06. The number of fused-ring (bicyclic) bond motifs is 1. The molecule has 1 N–H and O–H groups in total. The predicted molar refractivity (Wildman–Crippen MR) is 98.3 cm³/mol. The number of nitrogens with zero attached hydrogens (tertiary/aromatic N) is 4. The number of rotatable bonds is 4. The fraction of sp³-hybridized carbons (Fsp3) is 0.100. The molecular weight excluding hydrogens is 326 g/mol. The summed E-state index contributed by atoms with van der Waals surface area (Å²) in [4.78, 5) is 12.9. The van der Waals surface area contributed by atoms with E-state index in [-0.39, 0.29) is 0 Å². The molecule has 0 saturated heterocycles. The van der Waals surface area contributed by atoms with Gasteiger partial charge in [-0.1, -0.05) is 6.07 Å². The van der Waals surface area contributed by atoms with Gasteiger partial charge in [-0.05, 0) is 60.0 Å². The second-order valence-corrected chi connectivity index (χ2v) is 5.86. The summed E-state index contributed by atoms with van der Waals surface area (Å²) in [6, 6.07) is 15.4. The van der Waals surface area contributed by atoms with Gasteiger partial charge in [0.25, 0.3) is 0 Å². The lowest BCUT2D eigenvalue weighted by Gasteiger charge is -2.09. The van der Waals surface area contributed by atoms with E-state index in [0.29, 0.717) is 29.2 Å². The zero-order chi connectivity index (χ0) is 17.9. The highest BCUT2D eigenvalue weighted by molar-refractivity contribution is 5.70. The quantitative estimate of drug-likeness (QED) is 0.602. The first-order chi connectivity index (χ1) is 12.7. The summed E-state index contributed by atoms with van der Waals surface area (Å²) in [7, 11) is 0. The lowest BCUT2D eigenvalue weighted by molar-refractivity contribution is 0.540. The monoisotopic (exact) mass is 341 g/mol. The van der Waals surface area contributed by atoms with Crippen LogP contribution >= 0.6 is 0 Å². The Morgan fingerprint density at radius 2 is 2.04 bits per heavy atom. The Labute approximate surface area is 150 Å². The van der Waals surface area contributed by atoms with Crippen LogP contribution in [0.25, 0.3) is 22.4 Å². The van der Waals surface area contributed by atoms with Gasteiger partial charge in [-0.25, -0.2) is 9.97 Å². The van der Waals surface area contributed by atoms with E-state index in [1.54, 1.807) is 12.4 Å². The minimum Gasteiger partial charge on any atom is -0.437 e. The van der Waals surface area contributed by atoms with Crippen LogP contribution in [0.4, 0.5) is 5.82 Å². The van der Waals surface area contributed by atoms with Gasteiger partial charge in [0.2, 0.25) is 5.89 Å². The van der Waals surface area contributed by atoms with Crippen LogP contribution in [0.15, 0.2) is 59.3 Å². The summed E-state index contributed by atoms with van der Waals surface area (Å²) in [5.41, 5.74) is 5.07. The van der Waals surface area contributed by atoms with E-state index in [1.807, 2.05) is 49.4 Å². The molecule has 0 atom stereocenters. The molecule has 0 radical (unpaired) electrons. The van der Waals surface area contributed by atoms with E-state index in [1.165, 1.54) is 0 Å². The number of anilines is 1. The Morgan fingerprint density at radius 1 is 1.12 bits per heavy atom. The average molecular weight is 341 g/mol. The van der Waals surface area contributed by atoms with Gasteiger partial charge in [0.15, 0.2) is 11.2 Å². The molecule has 6 heteroatoms. The fourth-order valence-electron chi connectivity index (χ4n) is 2.81. The molecule has 0 aliphatic rings. The van der Waals surface area contributed by atoms with Crippen molar-refractivity contribution < 1.29 is 4.42 Å². The van der Waals surface area contributed by atoms with Gasteiger partial charge in [0.1, 0.15) is 5.82 Å². The zero-order valence-electron chi connectivity index (χ0n) is 14.1. The Balaban J connectivity index is 1.55. The van der Waals surface area contributed by atoms with Crippen molar-refractivity contribution in [2.45, 2.75) is 13.5 Å². The molecule has 6 nitrogen and oxygen atoms in total. The first kappa shape index (κ1) is 15.8. The third-order valence-electron chi connectivity index (χ3n) is 4.06. The van der Waals surface area contributed by atoms with Crippen LogP contribution in [0.3, 0.4) is 0 Å². The van der Waals surface area contributed by atoms with E-state index in [9.17, 15) is 0 Å². The second kappa shape index (κ2) is 6.65. The SMILES string of the molecule is Cc1cc(C#N)ccc1-c1ccnc(NCc2nc3ncccc3o2)c1. The first-order valence-corrected chi connectivity index (χ1v) is 8.14. The molecule has 0 aliphatic heterocycles. The lowest BCUT2D eigenvalue weighted by Crippen LogP contribution is -2.01. The normalized spacial score (nSPS) is 10.6. The number of hydrogen-bond acceptors (Lipinski definition) is 6. The second-order valence-electron chi connectivity index (χ2n) is 5.86. The summed E-state index contributed by atoms with van der Waals surface area (Å²) in [5, 5.41) is 12.2. The Bertz CT molecular complexity index is 1090. The van der Waals surface area contributed by atoms with E-state index in [0.717, 1.165) is 22.5 Å².